The molecule has 0 aliphatic heterocycles. The molecule has 1 unspecified atom stereocenters. The van der Waals surface area contributed by atoms with Crippen LogP contribution in [-0.4, -0.2) is 49.1 Å². The molecule has 0 saturated heterocycles. The lowest BCUT2D eigenvalue weighted by Gasteiger charge is -2.30. The zero-order valence-electron chi connectivity index (χ0n) is 13.9. The molecule has 1 atom stereocenters. The molecular formula is C16H30BrN3S. The minimum Gasteiger partial charge on any atom is -0.329 e. The van der Waals surface area contributed by atoms with Gasteiger partial charge in [0.05, 0.1) is 6.04 Å². The lowest BCUT2D eigenvalue weighted by molar-refractivity contribution is 0.195. The Morgan fingerprint density at radius 1 is 1.19 bits per heavy atom. The summed E-state index contributed by atoms with van der Waals surface area (Å²) in [5, 5.41) is 0. The number of rotatable bonds is 10. The summed E-state index contributed by atoms with van der Waals surface area (Å²) in [4.78, 5) is 7.72. The van der Waals surface area contributed by atoms with E-state index < -0.39 is 0 Å². The van der Waals surface area contributed by atoms with Gasteiger partial charge >= 0.3 is 0 Å². The first-order valence-electron chi connectivity index (χ1n) is 7.99. The van der Waals surface area contributed by atoms with E-state index in [0.29, 0.717) is 12.6 Å². The molecule has 2 N–H and O–H groups in total. The Bertz CT molecular complexity index is 385. The maximum atomic E-state index is 6.06. The van der Waals surface area contributed by atoms with Crippen LogP contribution in [0.5, 0.6) is 0 Å². The van der Waals surface area contributed by atoms with Crippen LogP contribution in [0.4, 0.5) is 0 Å². The molecule has 0 saturated carbocycles. The summed E-state index contributed by atoms with van der Waals surface area (Å²) in [7, 11) is 0. The number of likely N-dealkylation sites (N-methyl/N-ethyl adjacent to an activating group) is 1. The van der Waals surface area contributed by atoms with Crippen molar-refractivity contribution in [1.29, 1.82) is 0 Å². The summed E-state index contributed by atoms with van der Waals surface area (Å²) in [6.07, 6.45) is 1.21. The van der Waals surface area contributed by atoms with Gasteiger partial charge in [0.15, 0.2) is 0 Å². The molecule has 0 bridgehead atoms. The number of thiophene rings is 1. The predicted octanol–water partition coefficient (Wildman–Crippen LogP) is 3.87. The highest BCUT2D eigenvalue weighted by Gasteiger charge is 2.20. The fraction of sp³-hybridized carbons (Fsp3) is 0.750. The van der Waals surface area contributed by atoms with Gasteiger partial charge in [0.1, 0.15) is 0 Å². The van der Waals surface area contributed by atoms with Gasteiger partial charge in [0.2, 0.25) is 0 Å². The summed E-state index contributed by atoms with van der Waals surface area (Å²) in [5.41, 5.74) is 6.06. The molecular weight excluding hydrogens is 346 g/mol. The number of hydrogen-bond donors (Lipinski definition) is 1. The zero-order valence-corrected chi connectivity index (χ0v) is 16.3. The molecule has 0 fully saturated rings. The molecule has 0 spiro atoms. The Morgan fingerprint density at radius 2 is 1.86 bits per heavy atom. The van der Waals surface area contributed by atoms with Crippen LogP contribution in [-0.2, 0) is 0 Å². The number of halogens is 1. The molecule has 1 aromatic heterocycles. The van der Waals surface area contributed by atoms with Crippen molar-refractivity contribution in [2.45, 2.75) is 40.2 Å². The van der Waals surface area contributed by atoms with Crippen LogP contribution in [0, 0.1) is 6.92 Å². The number of aryl methyl sites for hydroxylation is 1. The summed E-state index contributed by atoms with van der Waals surface area (Å²) < 4.78 is 1.21. The first-order valence-corrected chi connectivity index (χ1v) is 9.60. The van der Waals surface area contributed by atoms with E-state index in [-0.39, 0.29) is 0 Å². The fourth-order valence-electron chi connectivity index (χ4n) is 2.66. The fourth-order valence-corrected chi connectivity index (χ4v) is 4.37. The second kappa shape index (κ2) is 9.95. The lowest BCUT2D eigenvalue weighted by atomic mass is 10.2. The van der Waals surface area contributed by atoms with Crippen molar-refractivity contribution in [3.63, 3.8) is 0 Å². The van der Waals surface area contributed by atoms with Crippen molar-refractivity contribution in [2.24, 2.45) is 5.73 Å². The van der Waals surface area contributed by atoms with Crippen molar-refractivity contribution in [3.8, 4) is 0 Å². The minimum absolute atomic E-state index is 0.349. The highest BCUT2D eigenvalue weighted by molar-refractivity contribution is 9.10. The van der Waals surface area contributed by atoms with Crippen LogP contribution < -0.4 is 5.73 Å². The van der Waals surface area contributed by atoms with Crippen molar-refractivity contribution < 1.29 is 0 Å². The van der Waals surface area contributed by atoms with Crippen LogP contribution in [0.15, 0.2) is 10.5 Å². The van der Waals surface area contributed by atoms with Gasteiger partial charge in [-0.05, 0) is 61.5 Å². The monoisotopic (exact) mass is 375 g/mol. The third-order valence-corrected chi connectivity index (χ3v) is 6.33. The van der Waals surface area contributed by atoms with Crippen LogP contribution in [0.1, 0.15) is 43.0 Å². The minimum atomic E-state index is 0.349. The van der Waals surface area contributed by atoms with Gasteiger partial charge in [-0.3, -0.25) is 4.90 Å². The maximum Gasteiger partial charge on any atom is 0.0564 e. The smallest absolute Gasteiger partial charge is 0.0564 e. The normalized spacial score (nSPS) is 13.3. The van der Waals surface area contributed by atoms with Crippen LogP contribution in [0.2, 0.25) is 0 Å². The van der Waals surface area contributed by atoms with Gasteiger partial charge in [0.25, 0.3) is 0 Å². The Kier molecular flexibility index (Phi) is 9.06. The molecule has 5 heteroatoms. The number of nitrogens with zero attached hydrogens (tertiary/aromatic N) is 2. The average Bonchev–Trinajstić information content (AvgIpc) is 2.81. The van der Waals surface area contributed by atoms with Gasteiger partial charge in [0, 0.05) is 27.3 Å². The molecule has 0 aliphatic carbocycles. The van der Waals surface area contributed by atoms with E-state index in [9.17, 15) is 0 Å². The van der Waals surface area contributed by atoms with Gasteiger partial charge in [-0.2, -0.15) is 0 Å². The zero-order chi connectivity index (χ0) is 15.8. The summed E-state index contributed by atoms with van der Waals surface area (Å²) in [6.45, 7) is 15.2. The summed E-state index contributed by atoms with van der Waals surface area (Å²) in [5.74, 6) is 0. The van der Waals surface area contributed by atoms with Crippen LogP contribution in [0.3, 0.4) is 0 Å². The second-order valence-electron chi connectivity index (χ2n) is 5.31. The van der Waals surface area contributed by atoms with E-state index in [4.69, 9.17) is 5.73 Å². The molecule has 0 aromatic carbocycles. The third kappa shape index (κ3) is 5.64. The van der Waals surface area contributed by atoms with E-state index >= 15 is 0 Å². The molecule has 0 radical (unpaired) electrons. The molecule has 1 heterocycles. The largest absolute Gasteiger partial charge is 0.329 e. The highest BCUT2D eigenvalue weighted by atomic mass is 79.9. The maximum absolute atomic E-state index is 6.06. The van der Waals surface area contributed by atoms with Crippen LogP contribution in [0.25, 0.3) is 0 Å². The molecule has 3 nitrogen and oxygen atoms in total. The first-order chi connectivity index (χ1) is 10.1. The first kappa shape index (κ1) is 19.1. The SMILES string of the molecule is CCN(CC)CCCN(CC)C(CN)c1cc(Br)c(C)s1. The molecule has 122 valence electrons. The van der Waals surface area contributed by atoms with Gasteiger partial charge in [-0.1, -0.05) is 20.8 Å². The van der Waals surface area contributed by atoms with Gasteiger partial charge < -0.3 is 10.6 Å². The van der Waals surface area contributed by atoms with E-state index in [1.165, 1.54) is 27.2 Å². The van der Waals surface area contributed by atoms with Crippen molar-refractivity contribution in [2.75, 3.05) is 39.3 Å². The second-order valence-corrected chi connectivity index (χ2v) is 7.46. The van der Waals surface area contributed by atoms with Crippen molar-refractivity contribution >= 4 is 27.3 Å². The molecule has 1 rings (SSSR count). The van der Waals surface area contributed by atoms with E-state index in [1.807, 2.05) is 11.3 Å². The topological polar surface area (TPSA) is 32.5 Å². The molecule has 0 amide bonds. The number of nitrogens with two attached hydrogens (primary N) is 1. The summed E-state index contributed by atoms with van der Waals surface area (Å²) >= 11 is 5.48. The average molecular weight is 376 g/mol. The van der Waals surface area contributed by atoms with E-state index in [0.717, 1.165) is 26.2 Å². The van der Waals surface area contributed by atoms with Crippen molar-refractivity contribution in [3.05, 3.63) is 20.3 Å². The predicted molar refractivity (Wildman–Crippen MR) is 98.2 cm³/mol. The van der Waals surface area contributed by atoms with Gasteiger partial charge in [-0.25, -0.2) is 0 Å². The quantitative estimate of drug-likeness (QED) is 0.673. The third-order valence-electron chi connectivity index (χ3n) is 4.09. The van der Waals surface area contributed by atoms with Gasteiger partial charge in [-0.15, -0.1) is 11.3 Å². The molecule has 0 aliphatic rings. The lowest BCUT2D eigenvalue weighted by Crippen LogP contribution is -2.35. The highest BCUT2D eigenvalue weighted by Crippen LogP contribution is 2.33. The van der Waals surface area contributed by atoms with Crippen molar-refractivity contribution in [1.82, 2.24) is 9.80 Å². The molecule has 21 heavy (non-hydrogen) atoms. The Hall–Kier alpha value is 0.0600. The van der Waals surface area contributed by atoms with Crippen LogP contribution >= 0.6 is 27.3 Å². The Labute approximate surface area is 142 Å². The Balaban J connectivity index is 2.63. The summed E-state index contributed by atoms with van der Waals surface area (Å²) in [6, 6.07) is 2.59. The van der Waals surface area contributed by atoms with E-state index in [1.54, 1.807) is 0 Å². The van der Waals surface area contributed by atoms with E-state index in [2.05, 4.69) is 59.5 Å². The Morgan fingerprint density at radius 3 is 2.29 bits per heavy atom. The molecule has 1 aromatic rings. The standard InChI is InChI=1S/C16H30BrN3S/c1-5-19(6-2)9-8-10-20(7-3)15(12-18)16-11-14(17)13(4)21-16/h11,15H,5-10,12,18H2,1-4H3. The number of hydrogen-bond acceptors (Lipinski definition) is 4.